The van der Waals surface area contributed by atoms with Gasteiger partial charge in [-0.2, -0.15) is 18.2 Å². The second-order valence-corrected chi connectivity index (χ2v) is 5.59. The van der Waals surface area contributed by atoms with Gasteiger partial charge in [0, 0.05) is 19.7 Å². The Morgan fingerprint density at radius 2 is 2.00 bits per heavy atom. The molecule has 11 heteroatoms. The lowest BCUT2D eigenvalue weighted by Gasteiger charge is -2.11. The van der Waals surface area contributed by atoms with Crippen LogP contribution in [0, 0.1) is 0 Å². The summed E-state index contributed by atoms with van der Waals surface area (Å²) in [7, 11) is -2.20. The quantitative estimate of drug-likeness (QED) is 0.664. The van der Waals surface area contributed by atoms with Crippen molar-refractivity contribution in [3.63, 3.8) is 0 Å². The Labute approximate surface area is 113 Å². The van der Waals surface area contributed by atoms with E-state index in [0.29, 0.717) is 0 Å². The van der Waals surface area contributed by atoms with Crippen molar-refractivity contribution >= 4 is 21.8 Å². The summed E-state index contributed by atoms with van der Waals surface area (Å²) < 4.78 is 59.1. The molecule has 0 spiro atoms. The maximum Gasteiger partial charge on any atom is 0.433 e. The normalized spacial score (nSPS) is 12.2. The van der Waals surface area contributed by atoms with Gasteiger partial charge >= 0.3 is 6.18 Å². The molecule has 0 amide bonds. The van der Waals surface area contributed by atoms with Gasteiger partial charge in [-0.1, -0.05) is 0 Å². The predicted octanol–water partition coefficient (Wildman–Crippen LogP) is 0.628. The van der Waals surface area contributed by atoms with Crippen LogP contribution in [0.2, 0.25) is 0 Å². The third-order valence-electron chi connectivity index (χ3n) is 2.15. The van der Waals surface area contributed by atoms with Gasteiger partial charge < -0.3 is 10.6 Å². The van der Waals surface area contributed by atoms with E-state index >= 15 is 0 Å². The number of hydrogen-bond donors (Lipinski definition) is 3. The highest BCUT2D eigenvalue weighted by Gasteiger charge is 2.33. The average molecular weight is 313 g/mol. The molecule has 1 aromatic heterocycles. The summed E-state index contributed by atoms with van der Waals surface area (Å²) in [6.45, 7) is 0.119. The fourth-order valence-electron chi connectivity index (χ4n) is 1.28. The van der Waals surface area contributed by atoms with E-state index in [4.69, 9.17) is 5.14 Å². The zero-order chi connectivity index (χ0) is 15.4. The van der Waals surface area contributed by atoms with Crippen molar-refractivity contribution in [2.45, 2.75) is 12.6 Å². The van der Waals surface area contributed by atoms with E-state index in [9.17, 15) is 21.6 Å². The number of primary sulfonamides is 1. The Balaban J connectivity index is 2.75. The van der Waals surface area contributed by atoms with Crippen LogP contribution < -0.4 is 15.8 Å². The van der Waals surface area contributed by atoms with E-state index in [-0.39, 0.29) is 30.5 Å². The molecular weight excluding hydrogens is 299 g/mol. The second kappa shape index (κ2) is 6.22. The van der Waals surface area contributed by atoms with Gasteiger partial charge in [0.25, 0.3) is 0 Å². The topological polar surface area (TPSA) is 110 Å². The number of halogens is 3. The van der Waals surface area contributed by atoms with Crippen LogP contribution in [0.1, 0.15) is 12.1 Å². The lowest BCUT2D eigenvalue weighted by atomic mass is 10.3. The largest absolute Gasteiger partial charge is 0.433 e. The van der Waals surface area contributed by atoms with Crippen LogP contribution in [0.25, 0.3) is 0 Å². The van der Waals surface area contributed by atoms with Gasteiger partial charge in [0.05, 0.1) is 5.75 Å². The van der Waals surface area contributed by atoms with E-state index in [2.05, 4.69) is 20.6 Å². The molecule has 0 saturated carbocycles. The minimum atomic E-state index is -4.59. The van der Waals surface area contributed by atoms with Crippen LogP contribution in [-0.2, 0) is 16.2 Å². The van der Waals surface area contributed by atoms with Crippen molar-refractivity contribution in [2.75, 3.05) is 30.0 Å². The molecule has 0 bridgehead atoms. The molecule has 1 rings (SSSR count). The smallest absolute Gasteiger partial charge is 0.370 e. The first kappa shape index (κ1) is 16.4. The van der Waals surface area contributed by atoms with Crippen LogP contribution in [0.15, 0.2) is 6.07 Å². The Morgan fingerprint density at radius 1 is 1.35 bits per heavy atom. The lowest BCUT2D eigenvalue weighted by Crippen LogP contribution is -2.19. The van der Waals surface area contributed by atoms with Crippen LogP contribution in [0.3, 0.4) is 0 Å². The highest BCUT2D eigenvalue weighted by Crippen LogP contribution is 2.29. The summed E-state index contributed by atoms with van der Waals surface area (Å²) in [5.41, 5.74) is -1.09. The van der Waals surface area contributed by atoms with E-state index in [0.717, 1.165) is 6.07 Å². The highest BCUT2D eigenvalue weighted by molar-refractivity contribution is 7.89. The molecule has 0 atom stereocenters. The predicted molar refractivity (Wildman–Crippen MR) is 67.7 cm³/mol. The van der Waals surface area contributed by atoms with E-state index < -0.39 is 21.9 Å². The number of aromatic nitrogens is 2. The first-order valence-electron chi connectivity index (χ1n) is 5.50. The van der Waals surface area contributed by atoms with Crippen LogP contribution in [0.5, 0.6) is 0 Å². The molecule has 1 heterocycles. The third-order valence-corrected chi connectivity index (χ3v) is 3.01. The number of nitrogens with two attached hydrogens (primary N) is 1. The van der Waals surface area contributed by atoms with Crippen molar-refractivity contribution in [3.8, 4) is 0 Å². The minimum absolute atomic E-state index is 0.0499. The fourth-order valence-corrected chi connectivity index (χ4v) is 1.83. The maximum atomic E-state index is 12.6. The molecule has 0 aliphatic heterocycles. The minimum Gasteiger partial charge on any atom is -0.370 e. The molecule has 0 saturated heterocycles. The molecule has 114 valence electrons. The van der Waals surface area contributed by atoms with Gasteiger partial charge in [0.15, 0.2) is 5.69 Å². The zero-order valence-electron chi connectivity index (χ0n) is 10.5. The molecule has 7 nitrogen and oxygen atoms in total. The maximum absolute atomic E-state index is 12.6. The lowest BCUT2D eigenvalue weighted by molar-refractivity contribution is -0.141. The molecule has 0 aliphatic rings. The van der Waals surface area contributed by atoms with Crippen molar-refractivity contribution in [1.82, 2.24) is 9.97 Å². The summed E-state index contributed by atoms with van der Waals surface area (Å²) in [6, 6.07) is 0.748. The van der Waals surface area contributed by atoms with Gasteiger partial charge in [0.2, 0.25) is 16.0 Å². The number of hydrogen-bond acceptors (Lipinski definition) is 6. The molecule has 0 aromatic carbocycles. The molecule has 0 unspecified atom stereocenters. The standard InChI is InChI=1S/C9H14F3N5O2S/c1-14-8-16-6(9(10,11)12)5-7(17-8)15-3-2-4-20(13,18)19/h5H,2-4H2,1H3,(H2,13,18,19)(H2,14,15,16,17). The fraction of sp³-hybridized carbons (Fsp3) is 0.556. The Morgan fingerprint density at radius 3 is 2.50 bits per heavy atom. The number of alkyl halides is 3. The average Bonchev–Trinajstić information content (AvgIpc) is 2.32. The number of rotatable bonds is 6. The molecular formula is C9H14F3N5O2S. The number of anilines is 2. The summed E-state index contributed by atoms with van der Waals surface area (Å²) in [4.78, 5) is 7.07. The van der Waals surface area contributed by atoms with Gasteiger partial charge in [-0.25, -0.2) is 18.5 Å². The van der Waals surface area contributed by atoms with Gasteiger partial charge in [-0.15, -0.1) is 0 Å². The summed E-state index contributed by atoms with van der Waals surface area (Å²) in [5, 5.41) is 9.81. The van der Waals surface area contributed by atoms with Crippen molar-refractivity contribution in [2.24, 2.45) is 5.14 Å². The van der Waals surface area contributed by atoms with Gasteiger partial charge in [0.1, 0.15) is 5.82 Å². The first-order valence-corrected chi connectivity index (χ1v) is 7.22. The SMILES string of the molecule is CNc1nc(NCCCS(N)(=O)=O)cc(C(F)(F)F)n1. The Kier molecular flexibility index (Phi) is 5.11. The summed E-state index contributed by atoms with van der Waals surface area (Å²) >= 11 is 0. The second-order valence-electron chi connectivity index (χ2n) is 3.86. The first-order chi connectivity index (χ1) is 9.12. The Hall–Kier alpha value is -1.62. The van der Waals surface area contributed by atoms with E-state index in [1.807, 2.05) is 0 Å². The van der Waals surface area contributed by atoms with Crippen LogP contribution >= 0.6 is 0 Å². The molecule has 4 N–H and O–H groups in total. The monoisotopic (exact) mass is 313 g/mol. The van der Waals surface area contributed by atoms with Crippen LogP contribution in [0.4, 0.5) is 24.9 Å². The number of nitrogens with zero attached hydrogens (tertiary/aromatic N) is 2. The molecule has 20 heavy (non-hydrogen) atoms. The van der Waals surface area contributed by atoms with Crippen molar-refractivity contribution in [1.29, 1.82) is 0 Å². The van der Waals surface area contributed by atoms with Gasteiger partial charge in [-0.3, -0.25) is 0 Å². The molecule has 0 radical (unpaired) electrons. The molecule has 0 aliphatic carbocycles. The summed E-state index contributed by atoms with van der Waals surface area (Å²) in [6.07, 6.45) is -4.44. The number of nitrogens with one attached hydrogen (secondary N) is 2. The molecule has 0 fully saturated rings. The highest BCUT2D eigenvalue weighted by atomic mass is 32.2. The zero-order valence-corrected chi connectivity index (χ0v) is 11.3. The number of sulfonamides is 1. The van der Waals surface area contributed by atoms with Crippen LogP contribution in [-0.4, -0.2) is 37.7 Å². The van der Waals surface area contributed by atoms with E-state index in [1.54, 1.807) is 0 Å². The third kappa shape index (κ3) is 5.57. The van der Waals surface area contributed by atoms with Crippen molar-refractivity contribution in [3.05, 3.63) is 11.8 Å². The van der Waals surface area contributed by atoms with E-state index in [1.165, 1.54) is 7.05 Å². The summed E-state index contributed by atoms with van der Waals surface area (Å²) in [5.74, 6) is -0.504. The Bertz CT molecular complexity index is 561. The van der Waals surface area contributed by atoms with Crippen molar-refractivity contribution < 1.29 is 21.6 Å². The molecule has 1 aromatic rings. The van der Waals surface area contributed by atoms with Gasteiger partial charge in [-0.05, 0) is 6.42 Å².